The van der Waals surface area contributed by atoms with Gasteiger partial charge in [-0.05, 0) is 50.4 Å². The Kier molecular flexibility index (Phi) is 9.50. The molecule has 0 spiro atoms. The molecule has 0 unspecified atom stereocenters. The number of likely N-dealkylation sites (tertiary alicyclic amines) is 1. The van der Waals surface area contributed by atoms with E-state index in [2.05, 4.69) is 10.6 Å². The molecule has 0 bridgehead atoms. The van der Waals surface area contributed by atoms with Gasteiger partial charge in [0, 0.05) is 27.4 Å². The summed E-state index contributed by atoms with van der Waals surface area (Å²) in [5.41, 5.74) is 1.65. The summed E-state index contributed by atoms with van der Waals surface area (Å²) in [6, 6.07) is 7.18. The summed E-state index contributed by atoms with van der Waals surface area (Å²) < 4.78 is 0. The average molecular weight is 420 g/mol. The van der Waals surface area contributed by atoms with E-state index in [4.69, 9.17) is 0 Å². The maximum atomic E-state index is 12.8. The number of hydrogen-bond acceptors (Lipinski definition) is 4. The second-order valence-electron chi connectivity index (χ2n) is 8.11. The lowest BCUT2D eigenvalue weighted by Crippen LogP contribution is -2.51. The van der Waals surface area contributed by atoms with E-state index in [0.29, 0.717) is 25.2 Å². The largest absolute Gasteiger partial charge is 0.342 e. The zero-order valence-corrected chi connectivity index (χ0v) is 18.9. The zero-order chi connectivity index (χ0) is 22.1. The first-order valence-corrected chi connectivity index (χ1v) is 11.3. The van der Waals surface area contributed by atoms with Crippen molar-refractivity contribution in [3.8, 4) is 0 Å². The summed E-state index contributed by atoms with van der Waals surface area (Å²) in [5, 5.41) is 5.86. The molecule has 0 aromatic heterocycles. The first-order chi connectivity index (χ1) is 14.5. The molecule has 6 nitrogen and oxygen atoms in total. The van der Waals surface area contributed by atoms with Gasteiger partial charge in [0.15, 0.2) is 5.78 Å². The first kappa shape index (κ1) is 24.1. The zero-order valence-electron chi connectivity index (χ0n) is 18.9. The van der Waals surface area contributed by atoms with Crippen LogP contribution in [0, 0.1) is 5.92 Å². The van der Waals surface area contributed by atoms with Gasteiger partial charge < -0.3 is 15.5 Å². The average Bonchev–Trinajstić information content (AvgIpc) is 2.73. The number of nitrogens with zero attached hydrogens (tertiary/aromatic N) is 1. The van der Waals surface area contributed by atoms with Crippen LogP contribution < -0.4 is 10.6 Å². The summed E-state index contributed by atoms with van der Waals surface area (Å²) in [7, 11) is 1.76. The summed E-state index contributed by atoms with van der Waals surface area (Å²) in [6.07, 6.45) is 5.48. The van der Waals surface area contributed by atoms with Crippen LogP contribution in [0.25, 0.3) is 0 Å². The van der Waals surface area contributed by atoms with Gasteiger partial charge in [-0.25, -0.2) is 0 Å². The molecule has 1 heterocycles. The number of amides is 2. The highest BCUT2D eigenvalue weighted by molar-refractivity contribution is 5.97. The molecule has 1 aromatic carbocycles. The lowest BCUT2D eigenvalue weighted by molar-refractivity contribution is -0.134. The number of nitrogens with one attached hydrogen (secondary N) is 2. The van der Waals surface area contributed by atoms with Crippen molar-refractivity contribution in [2.75, 3.05) is 26.7 Å². The smallest absolute Gasteiger partial charge is 0.251 e. The Morgan fingerprint density at radius 2 is 1.80 bits per heavy atom. The SMILES string of the molecule is CC.CNCC(=O)N1CC(c2cccc(C(=O)N[C@@H](C(C)=O)C3CCCCC3)c2)C1.[HH].[HH]. The van der Waals surface area contributed by atoms with Crippen LogP contribution in [-0.4, -0.2) is 55.2 Å². The molecular formula is C24H41N3O3. The number of hydrogen-bond donors (Lipinski definition) is 2. The third kappa shape index (κ3) is 6.14. The van der Waals surface area contributed by atoms with Gasteiger partial charge in [0.1, 0.15) is 0 Å². The van der Waals surface area contributed by atoms with Crippen molar-refractivity contribution in [1.82, 2.24) is 15.5 Å². The normalized spacial score (nSPS) is 17.9. The maximum absolute atomic E-state index is 12.8. The van der Waals surface area contributed by atoms with Crippen LogP contribution in [0.2, 0.25) is 0 Å². The second-order valence-corrected chi connectivity index (χ2v) is 8.11. The Bertz CT molecular complexity index is 733. The highest BCUT2D eigenvalue weighted by atomic mass is 16.2. The minimum absolute atomic E-state index is 0. The van der Waals surface area contributed by atoms with E-state index in [0.717, 1.165) is 31.2 Å². The van der Waals surface area contributed by atoms with Crippen molar-refractivity contribution in [2.45, 2.75) is 64.8 Å². The molecule has 2 fully saturated rings. The van der Waals surface area contributed by atoms with Crippen LogP contribution in [0.1, 0.15) is 77.6 Å². The summed E-state index contributed by atoms with van der Waals surface area (Å²) in [6.45, 7) is 7.29. The monoisotopic (exact) mass is 419 g/mol. The lowest BCUT2D eigenvalue weighted by Gasteiger charge is -2.39. The molecule has 1 saturated heterocycles. The highest BCUT2D eigenvalue weighted by Crippen LogP contribution is 2.29. The van der Waals surface area contributed by atoms with Crippen molar-refractivity contribution in [2.24, 2.45) is 5.92 Å². The van der Waals surface area contributed by atoms with E-state index < -0.39 is 6.04 Å². The van der Waals surface area contributed by atoms with Gasteiger partial charge in [0.05, 0.1) is 12.6 Å². The van der Waals surface area contributed by atoms with Crippen molar-refractivity contribution >= 4 is 17.6 Å². The Labute approximate surface area is 183 Å². The number of benzene rings is 1. The molecule has 1 saturated carbocycles. The second kappa shape index (κ2) is 11.8. The van der Waals surface area contributed by atoms with Gasteiger partial charge in [-0.3, -0.25) is 14.4 Å². The molecule has 1 atom stereocenters. The van der Waals surface area contributed by atoms with Crippen LogP contribution in [0.3, 0.4) is 0 Å². The molecule has 2 N–H and O–H groups in total. The third-order valence-electron chi connectivity index (χ3n) is 6.03. The quantitative estimate of drug-likeness (QED) is 0.708. The molecule has 30 heavy (non-hydrogen) atoms. The molecule has 3 rings (SSSR count). The van der Waals surface area contributed by atoms with Crippen molar-refractivity contribution in [3.63, 3.8) is 0 Å². The standard InChI is InChI=1S/C22H31N3O3.C2H6.2H2/c1-15(26)21(16-7-4-3-5-8-16)24-22(28)18-10-6-9-17(11-18)19-13-25(14-19)20(27)12-23-2;1-2;;/h6,9-11,16,19,21,23H,3-5,7-8,12-14H2,1-2H3,(H,24,28);1-2H3;2*1H/t21-;;;/m0.../s1. The number of carbonyl (C=O) groups is 3. The molecule has 170 valence electrons. The topological polar surface area (TPSA) is 78.5 Å². The molecule has 2 amide bonds. The Hall–Kier alpha value is -2.21. The first-order valence-electron chi connectivity index (χ1n) is 11.3. The van der Waals surface area contributed by atoms with Crippen molar-refractivity contribution in [1.29, 1.82) is 0 Å². The van der Waals surface area contributed by atoms with Gasteiger partial charge in [0.25, 0.3) is 5.91 Å². The number of rotatable bonds is 7. The number of likely N-dealkylation sites (N-methyl/N-ethyl adjacent to an activating group) is 1. The Morgan fingerprint density at radius 3 is 2.40 bits per heavy atom. The van der Waals surface area contributed by atoms with Crippen LogP contribution >= 0.6 is 0 Å². The molecular weight excluding hydrogens is 378 g/mol. The predicted molar refractivity (Wildman–Crippen MR) is 124 cm³/mol. The third-order valence-corrected chi connectivity index (χ3v) is 6.03. The fraction of sp³-hybridized carbons (Fsp3) is 0.625. The van der Waals surface area contributed by atoms with Gasteiger partial charge in [-0.15, -0.1) is 0 Å². The predicted octanol–water partition coefficient (Wildman–Crippen LogP) is 3.62. The van der Waals surface area contributed by atoms with Crippen molar-refractivity contribution in [3.05, 3.63) is 35.4 Å². The van der Waals surface area contributed by atoms with Crippen LogP contribution in [-0.2, 0) is 9.59 Å². The van der Waals surface area contributed by atoms with E-state index in [1.807, 2.05) is 36.9 Å². The van der Waals surface area contributed by atoms with E-state index in [-0.39, 0.29) is 32.3 Å². The van der Waals surface area contributed by atoms with E-state index in [1.165, 1.54) is 6.42 Å². The van der Waals surface area contributed by atoms with Crippen molar-refractivity contribution < 1.29 is 17.2 Å². The fourth-order valence-corrected chi connectivity index (χ4v) is 4.33. The van der Waals surface area contributed by atoms with Gasteiger partial charge >= 0.3 is 0 Å². The lowest BCUT2D eigenvalue weighted by atomic mass is 9.82. The van der Waals surface area contributed by atoms with E-state index >= 15 is 0 Å². The van der Waals surface area contributed by atoms with Crippen LogP contribution in [0.5, 0.6) is 0 Å². The van der Waals surface area contributed by atoms with Crippen LogP contribution in [0.4, 0.5) is 0 Å². The molecule has 1 aliphatic heterocycles. The molecule has 2 aliphatic rings. The summed E-state index contributed by atoms with van der Waals surface area (Å²) in [4.78, 5) is 38.6. The summed E-state index contributed by atoms with van der Waals surface area (Å²) >= 11 is 0. The number of carbonyl (C=O) groups excluding carboxylic acids is 3. The highest BCUT2D eigenvalue weighted by Gasteiger charge is 2.32. The minimum Gasteiger partial charge on any atom is -0.342 e. The number of Topliss-reactive ketones (excluding diaryl/α,β-unsaturated/α-hetero) is 1. The molecule has 1 aliphatic carbocycles. The van der Waals surface area contributed by atoms with Gasteiger partial charge in [-0.2, -0.15) is 0 Å². The molecule has 6 heteroatoms. The minimum atomic E-state index is -0.394. The van der Waals surface area contributed by atoms with Gasteiger partial charge in [-0.1, -0.05) is 45.2 Å². The summed E-state index contributed by atoms with van der Waals surface area (Å²) in [5.74, 6) is 0.459. The number of ketones is 1. The fourth-order valence-electron chi connectivity index (χ4n) is 4.33. The molecule has 1 aromatic rings. The van der Waals surface area contributed by atoms with Crippen LogP contribution in [0.15, 0.2) is 24.3 Å². The van der Waals surface area contributed by atoms with E-state index in [1.54, 1.807) is 20.0 Å². The van der Waals surface area contributed by atoms with E-state index in [9.17, 15) is 14.4 Å². The molecule has 0 radical (unpaired) electrons. The van der Waals surface area contributed by atoms with Gasteiger partial charge in [0.2, 0.25) is 5.91 Å². The Balaban J connectivity index is 0.00000234. The maximum Gasteiger partial charge on any atom is 0.251 e. The Morgan fingerprint density at radius 1 is 1.13 bits per heavy atom.